The highest BCUT2D eigenvalue weighted by atomic mass is 16.5. The van der Waals surface area contributed by atoms with Crippen molar-refractivity contribution in [3.63, 3.8) is 0 Å². The average Bonchev–Trinajstić information content (AvgIpc) is 3.22. The Morgan fingerprint density at radius 1 is 1.09 bits per heavy atom. The molecule has 2 saturated heterocycles. The Hall–Kier alpha value is -3.15. The third-order valence-electron chi connectivity index (χ3n) is 7.53. The summed E-state index contributed by atoms with van der Waals surface area (Å²) in [5, 5.41) is 14.0. The molecule has 6 rings (SSSR count). The lowest BCUT2D eigenvalue weighted by molar-refractivity contribution is 0.133. The number of ether oxygens (including phenoxy) is 1. The second kappa shape index (κ2) is 8.57. The minimum Gasteiger partial charge on any atom is -0.474 e. The van der Waals surface area contributed by atoms with Crippen LogP contribution in [-0.2, 0) is 6.54 Å². The van der Waals surface area contributed by atoms with E-state index in [-0.39, 0.29) is 6.10 Å². The van der Waals surface area contributed by atoms with E-state index >= 15 is 0 Å². The summed E-state index contributed by atoms with van der Waals surface area (Å²) in [6.07, 6.45) is 2.32. The van der Waals surface area contributed by atoms with Crippen LogP contribution in [0.1, 0.15) is 42.6 Å². The maximum atomic E-state index is 9.60. The molecule has 0 bridgehead atoms. The molecule has 0 amide bonds. The van der Waals surface area contributed by atoms with Gasteiger partial charge in [-0.2, -0.15) is 5.26 Å². The van der Waals surface area contributed by atoms with Gasteiger partial charge in [0.2, 0.25) is 5.88 Å². The number of nitrogens with one attached hydrogen (secondary N) is 1. The van der Waals surface area contributed by atoms with Crippen molar-refractivity contribution in [2.45, 2.75) is 44.5 Å². The van der Waals surface area contributed by atoms with Gasteiger partial charge in [0, 0.05) is 42.8 Å². The molecule has 2 aromatic heterocycles. The number of anilines is 1. The van der Waals surface area contributed by atoms with Crippen molar-refractivity contribution in [3.8, 4) is 11.9 Å². The lowest BCUT2D eigenvalue weighted by atomic mass is 9.98. The largest absolute Gasteiger partial charge is 0.474 e. The number of benzene rings is 1. The molecule has 5 heterocycles. The highest BCUT2D eigenvalue weighted by molar-refractivity contribution is 6.31. The van der Waals surface area contributed by atoms with Gasteiger partial charge in [-0.25, -0.2) is 4.98 Å². The van der Waals surface area contributed by atoms with Gasteiger partial charge in [0.1, 0.15) is 12.2 Å². The Labute approximate surface area is 201 Å². The van der Waals surface area contributed by atoms with Crippen LogP contribution in [0.15, 0.2) is 36.4 Å². The third-order valence-corrected chi connectivity index (χ3v) is 7.53. The van der Waals surface area contributed by atoms with Crippen LogP contribution < -0.4 is 20.5 Å². The smallest absolute Gasteiger partial charge is 0.213 e. The van der Waals surface area contributed by atoms with E-state index in [1.54, 1.807) is 0 Å². The summed E-state index contributed by atoms with van der Waals surface area (Å²) in [6, 6.07) is 15.4. The minimum atomic E-state index is 0.257. The van der Waals surface area contributed by atoms with Gasteiger partial charge in [-0.1, -0.05) is 12.1 Å². The molecular weight excluding hydrogens is 423 g/mol. The molecule has 1 N–H and O–H groups in total. The molecule has 1 aromatic carbocycles. The quantitative estimate of drug-likeness (QED) is 0.606. The van der Waals surface area contributed by atoms with Crippen molar-refractivity contribution in [2.75, 3.05) is 31.1 Å². The summed E-state index contributed by atoms with van der Waals surface area (Å²) < 4.78 is 6.22. The highest BCUT2D eigenvalue weighted by Gasteiger charge is 2.40. The van der Waals surface area contributed by atoms with E-state index in [2.05, 4.69) is 52.4 Å². The summed E-state index contributed by atoms with van der Waals surface area (Å²) in [7, 11) is 1.97. The Bertz CT molecular complexity index is 1280. The Morgan fingerprint density at radius 3 is 2.76 bits per heavy atom. The normalized spacial score (nSPS) is 22.9. The molecule has 3 aliphatic heterocycles. The van der Waals surface area contributed by atoms with E-state index in [1.165, 1.54) is 5.56 Å². The Kier molecular flexibility index (Phi) is 5.39. The molecule has 0 radical (unpaired) electrons. The number of piperazine rings is 1. The number of fused-ring (bicyclic) bond motifs is 4. The van der Waals surface area contributed by atoms with Crippen molar-refractivity contribution in [2.24, 2.45) is 0 Å². The average molecular weight is 452 g/mol. The number of piperidine rings is 1. The maximum absolute atomic E-state index is 9.60. The number of nitrogens with zero attached hydrogens (tertiary/aromatic N) is 5. The van der Waals surface area contributed by atoms with Crippen LogP contribution in [0, 0.1) is 11.3 Å². The lowest BCUT2D eigenvalue weighted by Gasteiger charge is -2.43. The van der Waals surface area contributed by atoms with Gasteiger partial charge in [0.25, 0.3) is 0 Å². The molecule has 0 aliphatic carbocycles. The van der Waals surface area contributed by atoms with E-state index in [0.29, 0.717) is 17.6 Å². The van der Waals surface area contributed by atoms with Gasteiger partial charge >= 0.3 is 0 Å². The summed E-state index contributed by atoms with van der Waals surface area (Å²) in [4.78, 5) is 14.7. The fourth-order valence-corrected chi connectivity index (χ4v) is 5.77. The van der Waals surface area contributed by atoms with Gasteiger partial charge in [-0.3, -0.25) is 9.88 Å². The summed E-state index contributed by atoms with van der Waals surface area (Å²) in [5.74, 6) is 0.759. The fourth-order valence-electron chi connectivity index (χ4n) is 5.77. The molecule has 0 unspecified atom stereocenters. The number of rotatable bonds is 3. The Morgan fingerprint density at radius 2 is 1.94 bits per heavy atom. The molecule has 7 nitrogen and oxygen atoms in total. The van der Waals surface area contributed by atoms with Crippen LogP contribution in [0.2, 0.25) is 0 Å². The van der Waals surface area contributed by atoms with Crippen molar-refractivity contribution in [3.05, 3.63) is 53.2 Å². The zero-order chi connectivity index (χ0) is 23.2. The van der Waals surface area contributed by atoms with E-state index < -0.39 is 0 Å². The van der Waals surface area contributed by atoms with Crippen molar-refractivity contribution >= 4 is 30.0 Å². The molecule has 2 fully saturated rings. The predicted octanol–water partition coefficient (Wildman–Crippen LogP) is 1.66. The Balaban J connectivity index is 1.29. The second-order valence-corrected chi connectivity index (χ2v) is 9.79. The summed E-state index contributed by atoms with van der Waals surface area (Å²) >= 11 is 0. The molecule has 172 valence electrons. The van der Waals surface area contributed by atoms with Crippen LogP contribution in [0.4, 0.5) is 5.69 Å². The predicted molar refractivity (Wildman–Crippen MR) is 135 cm³/mol. The zero-order valence-corrected chi connectivity index (χ0v) is 19.8. The molecule has 8 heteroatoms. The van der Waals surface area contributed by atoms with Gasteiger partial charge in [0.15, 0.2) is 7.85 Å². The fraction of sp³-hybridized carbons (Fsp3) is 0.423. The number of pyridine rings is 2. The number of hydrogen-bond donors (Lipinski definition) is 1. The second-order valence-electron chi connectivity index (χ2n) is 9.79. The third kappa shape index (κ3) is 3.69. The lowest BCUT2D eigenvalue weighted by Crippen LogP contribution is -2.51. The van der Waals surface area contributed by atoms with Crippen LogP contribution in [0.5, 0.6) is 5.88 Å². The van der Waals surface area contributed by atoms with E-state index in [4.69, 9.17) is 14.7 Å². The number of aromatic nitrogens is 2. The molecular formula is C26H29BN6O. The van der Waals surface area contributed by atoms with Crippen LogP contribution >= 0.6 is 0 Å². The zero-order valence-electron chi connectivity index (χ0n) is 19.8. The molecule has 0 spiro atoms. The first kappa shape index (κ1) is 21.4. The van der Waals surface area contributed by atoms with Crippen molar-refractivity contribution < 1.29 is 4.74 Å². The maximum Gasteiger partial charge on any atom is 0.213 e. The first-order valence-corrected chi connectivity index (χ1v) is 12.3. The number of hydrogen-bond acceptors (Lipinski definition) is 7. The van der Waals surface area contributed by atoms with E-state index in [1.807, 2.05) is 20.0 Å². The number of nitriles is 1. The summed E-state index contributed by atoms with van der Waals surface area (Å²) in [5.41, 5.74) is 5.96. The molecule has 3 aromatic rings. The SMILES string of the molecule is Bc1ccc2c(N3C[C@@H](C)N4Cc5nc(OC6CCNCC6)ccc5[C@H]4C3)ccc(C#N)c2n1. The van der Waals surface area contributed by atoms with Crippen LogP contribution in [0.25, 0.3) is 10.9 Å². The van der Waals surface area contributed by atoms with Crippen molar-refractivity contribution in [1.29, 1.82) is 5.26 Å². The van der Waals surface area contributed by atoms with Crippen LogP contribution in [0.3, 0.4) is 0 Å². The molecule has 34 heavy (non-hydrogen) atoms. The van der Waals surface area contributed by atoms with Crippen molar-refractivity contribution in [1.82, 2.24) is 20.2 Å². The molecule has 2 atom stereocenters. The van der Waals surface area contributed by atoms with E-state index in [9.17, 15) is 5.26 Å². The van der Waals surface area contributed by atoms with Gasteiger partial charge in [-0.05, 0) is 62.2 Å². The topological polar surface area (TPSA) is 77.3 Å². The first-order chi connectivity index (χ1) is 16.6. The monoisotopic (exact) mass is 452 g/mol. The van der Waals surface area contributed by atoms with E-state index in [0.717, 1.165) is 79.3 Å². The first-order valence-electron chi connectivity index (χ1n) is 12.3. The van der Waals surface area contributed by atoms with Gasteiger partial charge in [-0.15, -0.1) is 0 Å². The summed E-state index contributed by atoms with van der Waals surface area (Å²) in [6.45, 7) is 7.01. The van der Waals surface area contributed by atoms with Gasteiger partial charge < -0.3 is 15.0 Å². The minimum absolute atomic E-state index is 0.257. The highest BCUT2D eigenvalue weighted by Crippen LogP contribution is 2.41. The molecule has 0 saturated carbocycles. The van der Waals surface area contributed by atoms with Crippen LogP contribution in [-0.4, -0.2) is 61.0 Å². The molecule has 3 aliphatic rings. The van der Waals surface area contributed by atoms with Gasteiger partial charge in [0.05, 0.1) is 22.8 Å². The standard InChI is InChI=1S/C26H29BN6O/c1-16-13-32(22-5-2-17(12-28)26-20(22)3-6-24(27)31-26)15-23-19-4-7-25(30-21(19)14-33(16)23)34-18-8-10-29-11-9-18/h2-7,16,18,23,29H,8-11,13-15,27H2,1H3/t16-,23-/m1/s1.